The van der Waals surface area contributed by atoms with Gasteiger partial charge in [0.1, 0.15) is 12.4 Å². The molecule has 0 aliphatic rings. The van der Waals surface area contributed by atoms with E-state index in [1.165, 1.54) is 24.3 Å². The summed E-state index contributed by atoms with van der Waals surface area (Å²) >= 11 is 0. The SMILES string of the molecule is CCCCOc1ccc(-c2ccc(OCc3ccc(-c4ccc(OCC)c(F)c4F)cc3)c(F)c2F)cc1. The molecule has 38 heavy (non-hydrogen) atoms. The molecule has 0 aromatic heterocycles. The van der Waals surface area contributed by atoms with Crippen molar-refractivity contribution in [2.24, 2.45) is 0 Å². The van der Waals surface area contributed by atoms with Crippen LogP contribution < -0.4 is 14.2 Å². The van der Waals surface area contributed by atoms with Crippen LogP contribution in [0.2, 0.25) is 0 Å². The van der Waals surface area contributed by atoms with E-state index in [4.69, 9.17) is 14.2 Å². The predicted octanol–water partition coefficient (Wildman–Crippen LogP) is 8.73. The molecule has 0 aliphatic heterocycles. The average molecular weight is 525 g/mol. The quantitative estimate of drug-likeness (QED) is 0.145. The van der Waals surface area contributed by atoms with Crippen molar-refractivity contribution >= 4 is 0 Å². The molecular formula is C31H28F4O3. The molecule has 0 heterocycles. The zero-order valence-electron chi connectivity index (χ0n) is 21.2. The Kier molecular flexibility index (Phi) is 8.89. The van der Waals surface area contributed by atoms with Crippen molar-refractivity contribution in [1.82, 2.24) is 0 Å². The van der Waals surface area contributed by atoms with Crippen molar-refractivity contribution in [2.75, 3.05) is 13.2 Å². The van der Waals surface area contributed by atoms with Gasteiger partial charge < -0.3 is 14.2 Å². The molecule has 4 aromatic carbocycles. The first kappa shape index (κ1) is 27.0. The zero-order chi connectivity index (χ0) is 27.1. The monoisotopic (exact) mass is 524 g/mol. The Labute approximate surface area is 219 Å². The van der Waals surface area contributed by atoms with Gasteiger partial charge in [0.05, 0.1) is 13.2 Å². The summed E-state index contributed by atoms with van der Waals surface area (Å²) in [5, 5.41) is 0. The summed E-state index contributed by atoms with van der Waals surface area (Å²) in [6.45, 7) is 4.54. The second-order valence-electron chi connectivity index (χ2n) is 8.62. The Bertz CT molecular complexity index is 1370. The molecule has 0 bridgehead atoms. The minimum Gasteiger partial charge on any atom is -0.494 e. The van der Waals surface area contributed by atoms with Crippen LogP contribution in [0.3, 0.4) is 0 Å². The Balaban J connectivity index is 1.43. The van der Waals surface area contributed by atoms with Gasteiger partial charge in [-0.2, -0.15) is 8.78 Å². The van der Waals surface area contributed by atoms with E-state index >= 15 is 0 Å². The van der Waals surface area contributed by atoms with Crippen LogP contribution in [-0.4, -0.2) is 13.2 Å². The van der Waals surface area contributed by atoms with Crippen LogP contribution in [0.15, 0.2) is 72.8 Å². The summed E-state index contributed by atoms with van der Waals surface area (Å²) in [6, 6.07) is 19.0. The first-order valence-corrected chi connectivity index (χ1v) is 12.5. The molecule has 4 rings (SSSR count). The molecule has 0 amide bonds. The van der Waals surface area contributed by atoms with Crippen LogP contribution in [0.1, 0.15) is 32.3 Å². The van der Waals surface area contributed by atoms with E-state index < -0.39 is 23.3 Å². The highest BCUT2D eigenvalue weighted by Crippen LogP contribution is 2.32. The van der Waals surface area contributed by atoms with Crippen molar-refractivity contribution in [3.05, 3.63) is 102 Å². The lowest BCUT2D eigenvalue weighted by Gasteiger charge is -2.12. The summed E-state index contributed by atoms with van der Waals surface area (Å²) < 4.78 is 74.5. The first-order chi connectivity index (χ1) is 18.4. The van der Waals surface area contributed by atoms with Crippen LogP contribution in [0.4, 0.5) is 17.6 Å². The fraction of sp³-hybridized carbons (Fsp3) is 0.226. The first-order valence-electron chi connectivity index (χ1n) is 12.5. The van der Waals surface area contributed by atoms with Gasteiger partial charge in [-0.25, -0.2) is 8.78 Å². The van der Waals surface area contributed by atoms with E-state index in [9.17, 15) is 17.6 Å². The molecule has 0 N–H and O–H groups in total. The number of rotatable bonds is 11. The molecular weight excluding hydrogens is 496 g/mol. The highest BCUT2D eigenvalue weighted by Gasteiger charge is 2.17. The number of hydrogen-bond acceptors (Lipinski definition) is 3. The molecule has 198 valence electrons. The van der Waals surface area contributed by atoms with E-state index in [0.29, 0.717) is 29.0 Å². The van der Waals surface area contributed by atoms with E-state index in [0.717, 1.165) is 12.8 Å². The van der Waals surface area contributed by atoms with Crippen LogP contribution in [0, 0.1) is 23.3 Å². The van der Waals surface area contributed by atoms with Crippen LogP contribution in [-0.2, 0) is 6.61 Å². The number of benzene rings is 4. The van der Waals surface area contributed by atoms with Crippen LogP contribution in [0.5, 0.6) is 17.2 Å². The maximum atomic E-state index is 14.8. The molecule has 7 heteroatoms. The molecule has 0 aliphatic carbocycles. The van der Waals surface area contributed by atoms with Gasteiger partial charge in [0.25, 0.3) is 0 Å². The van der Waals surface area contributed by atoms with Crippen LogP contribution in [0.25, 0.3) is 22.3 Å². The Morgan fingerprint density at radius 1 is 0.553 bits per heavy atom. The normalized spacial score (nSPS) is 10.9. The minimum absolute atomic E-state index is 0.0418. The second-order valence-corrected chi connectivity index (χ2v) is 8.62. The van der Waals surface area contributed by atoms with Crippen LogP contribution >= 0.6 is 0 Å². The smallest absolute Gasteiger partial charge is 0.201 e. The number of halogens is 4. The van der Waals surface area contributed by atoms with E-state index in [1.54, 1.807) is 55.5 Å². The summed E-state index contributed by atoms with van der Waals surface area (Å²) in [5.74, 6) is -3.85. The summed E-state index contributed by atoms with van der Waals surface area (Å²) in [7, 11) is 0. The average Bonchev–Trinajstić information content (AvgIpc) is 2.93. The van der Waals surface area contributed by atoms with Gasteiger partial charge in [-0.05, 0) is 66.4 Å². The number of unbranched alkanes of at least 4 members (excludes halogenated alkanes) is 1. The zero-order valence-corrected chi connectivity index (χ0v) is 21.2. The maximum Gasteiger partial charge on any atom is 0.201 e. The van der Waals surface area contributed by atoms with E-state index in [-0.39, 0.29) is 35.8 Å². The molecule has 4 aromatic rings. The van der Waals surface area contributed by atoms with Gasteiger partial charge in [0.15, 0.2) is 23.1 Å². The topological polar surface area (TPSA) is 27.7 Å². The summed E-state index contributed by atoms with van der Waals surface area (Å²) in [6.07, 6.45) is 1.96. The van der Waals surface area contributed by atoms with Gasteiger partial charge in [0.2, 0.25) is 11.6 Å². The van der Waals surface area contributed by atoms with Gasteiger partial charge in [-0.15, -0.1) is 0 Å². The molecule has 0 saturated heterocycles. The largest absolute Gasteiger partial charge is 0.494 e. The highest BCUT2D eigenvalue weighted by molar-refractivity contribution is 5.67. The molecule has 0 radical (unpaired) electrons. The molecule has 0 atom stereocenters. The summed E-state index contributed by atoms with van der Waals surface area (Å²) in [5.41, 5.74) is 1.82. The second kappa shape index (κ2) is 12.5. The molecule has 3 nitrogen and oxygen atoms in total. The van der Waals surface area contributed by atoms with Gasteiger partial charge in [-0.3, -0.25) is 0 Å². The Hall–Kier alpha value is -4.00. The van der Waals surface area contributed by atoms with Gasteiger partial charge in [0, 0.05) is 11.1 Å². The molecule has 0 fully saturated rings. The van der Waals surface area contributed by atoms with Crippen molar-refractivity contribution < 1.29 is 31.8 Å². The lowest BCUT2D eigenvalue weighted by molar-refractivity contribution is 0.285. The molecule has 0 unspecified atom stereocenters. The third kappa shape index (κ3) is 6.10. The third-order valence-corrected chi connectivity index (χ3v) is 5.98. The minimum atomic E-state index is -1.09. The lowest BCUT2D eigenvalue weighted by atomic mass is 10.0. The van der Waals surface area contributed by atoms with Gasteiger partial charge >= 0.3 is 0 Å². The van der Waals surface area contributed by atoms with Crippen molar-refractivity contribution in [3.63, 3.8) is 0 Å². The van der Waals surface area contributed by atoms with Crippen molar-refractivity contribution in [3.8, 4) is 39.5 Å². The van der Waals surface area contributed by atoms with E-state index in [2.05, 4.69) is 6.92 Å². The lowest BCUT2D eigenvalue weighted by Crippen LogP contribution is -2.01. The number of ether oxygens (including phenoxy) is 3. The fourth-order valence-electron chi connectivity index (χ4n) is 3.89. The standard InChI is InChI=1S/C31H28F4O3/c1-3-5-18-37-23-12-10-22(11-13-23)25-15-17-27(31(35)29(25)33)38-19-20-6-8-21(9-7-20)24-14-16-26(36-4-2)30(34)28(24)32/h6-17H,3-5,18-19H2,1-2H3. The molecule has 0 spiro atoms. The third-order valence-electron chi connectivity index (χ3n) is 5.98. The molecule has 0 saturated carbocycles. The summed E-state index contributed by atoms with van der Waals surface area (Å²) in [4.78, 5) is 0. The maximum absolute atomic E-state index is 14.8. The fourth-order valence-corrected chi connectivity index (χ4v) is 3.89. The van der Waals surface area contributed by atoms with Gasteiger partial charge in [-0.1, -0.05) is 49.7 Å². The highest BCUT2D eigenvalue weighted by atomic mass is 19.2. The van der Waals surface area contributed by atoms with Crippen molar-refractivity contribution in [1.29, 1.82) is 0 Å². The Morgan fingerprint density at radius 2 is 1.08 bits per heavy atom. The number of hydrogen-bond donors (Lipinski definition) is 0. The van der Waals surface area contributed by atoms with Crippen molar-refractivity contribution in [2.45, 2.75) is 33.3 Å². The van der Waals surface area contributed by atoms with E-state index in [1.807, 2.05) is 0 Å². The Morgan fingerprint density at radius 3 is 1.61 bits per heavy atom. The predicted molar refractivity (Wildman–Crippen MR) is 139 cm³/mol.